The highest BCUT2D eigenvalue weighted by Gasteiger charge is 2.05. The van der Waals surface area contributed by atoms with E-state index < -0.39 is 0 Å². The number of rotatable bonds is 2. The molecule has 78 valence electrons. The van der Waals surface area contributed by atoms with Crippen LogP contribution in [0.1, 0.15) is 5.69 Å². The van der Waals surface area contributed by atoms with Crippen LogP contribution < -0.4 is 11.1 Å². The highest BCUT2D eigenvalue weighted by atomic mass is 19.1. The molecule has 4 nitrogen and oxygen atoms in total. The Kier molecular flexibility index (Phi) is 2.47. The van der Waals surface area contributed by atoms with Crippen LogP contribution in [-0.2, 0) is 6.54 Å². The molecule has 5 heteroatoms. The molecule has 2 aromatic rings. The summed E-state index contributed by atoms with van der Waals surface area (Å²) in [5.41, 5.74) is 6.85. The Balaban J connectivity index is 2.68. The number of fused-ring (bicyclic) bond motifs is 1. The maximum absolute atomic E-state index is 13.0. The van der Waals surface area contributed by atoms with E-state index in [2.05, 4.69) is 15.3 Å². The van der Waals surface area contributed by atoms with Gasteiger partial charge in [0.2, 0.25) is 5.95 Å². The number of aromatic nitrogens is 2. The van der Waals surface area contributed by atoms with Crippen molar-refractivity contribution < 1.29 is 4.39 Å². The summed E-state index contributed by atoms with van der Waals surface area (Å²) in [4.78, 5) is 8.08. The molecule has 2 rings (SSSR count). The first-order chi connectivity index (χ1) is 7.20. The number of halogens is 1. The van der Waals surface area contributed by atoms with Crippen molar-refractivity contribution in [3.05, 3.63) is 29.7 Å². The molecule has 0 saturated carbocycles. The smallest absolute Gasteiger partial charge is 0.220 e. The zero-order valence-corrected chi connectivity index (χ0v) is 8.29. The summed E-state index contributed by atoms with van der Waals surface area (Å²) in [5, 5.41) is 3.80. The summed E-state index contributed by atoms with van der Waals surface area (Å²) in [6.07, 6.45) is 0. The van der Waals surface area contributed by atoms with Gasteiger partial charge in [0.05, 0.1) is 11.2 Å². The molecule has 0 atom stereocenters. The van der Waals surface area contributed by atoms with E-state index in [0.29, 0.717) is 12.1 Å². The lowest BCUT2D eigenvalue weighted by Crippen LogP contribution is -2.09. The third-order valence-electron chi connectivity index (χ3n) is 2.10. The van der Waals surface area contributed by atoms with Crippen LogP contribution in [0.2, 0.25) is 0 Å². The van der Waals surface area contributed by atoms with E-state index >= 15 is 0 Å². The number of hydrogen-bond donors (Lipinski definition) is 2. The Labute approximate surface area is 86.3 Å². The van der Waals surface area contributed by atoms with Gasteiger partial charge in [-0.25, -0.2) is 14.4 Å². The number of benzene rings is 1. The van der Waals surface area contributed by atoms with Gasteiger partial charge in [0.25, 0.3) is 0 Å². The predicted molar refractivity (Wildman–Crippen MR) is 56.7 cm³/mol. The molecule has 1 aromatic heterocycles. The molecule has 15 heavy (non-hydrogen) atoms. The van der Waals surface area contributed by atoms with E-state index in [9.17, 15) is 4.39 Å². The molecule has 0 aliphatic heterocycles. The first-order valence-corrected chi connectivity index (χ1v) is 4.57. The van der Waals surface area contributed by atoms with Gasteiger partial charge in [-0.15, -0.1) is 0 Å². The Hall–Kier alpha value is -1.75. The van der Waals surface area contributed by atoms with Crippen LogP contribution in [-0.4, -0.2) is 17.0 Å². The molecule has 0 aliphatic carbocycles. The SMILES string of the molecule is CNCc1nc(N)nc2cc(F)ccc12. The van der Waals surface area contributed by atoms with E-state index in [4.69, 9.17) is 5.73 Å². The second-order valence-corrected chi connectivity index (χ2v) is 3.22. The van der Waals surface area contributed by atoms with Crippen molar-refractivity contribution in [2.75, 3.05) is 12.8 Å². The number of hydrogen-bond acceptors (Lipinski definition) is 4. The molecule has 0 spiro atoms. The quantitative estimate of drug-likeness (QED) is 0.771. The van der Waals surface area contributed by atoms with Gasteiger partial charge in [-0.1, -0.05) is 0 Å². The summed E-state index contributed by atoms with van der Waals surface area (Å²) in [7, 11) is 1.81. The van der Waals surface area contributed by atoms with Crippen molar-refractivity contribution in [1.29, 1.82) is 0 Å². The minimum Gasteiger partial charge on any atom is -0.368 e. The van der Waals surface area contributed by atoms with Gasteiger partial charge in [0.15, 0.2) is 0 Å². The minimum atomic E-state index is -0.323. The lowest BCUT2D eigenvalue weighted by Gasteiger charge is -2.05. The molecule has 0 amide bonds. The molecule has 0 unspecified atom stereocenters. The summed E-state index contributed by atoms with van der Waals surface area (Å²) in [6.45, 7) is 0.578. The molecule has 0 bridgehead atoms. The lowest BCUT2D eigenvalue weighted by molar-refractivity contribution is 0.629. The van der Waals surface area contributed by atoms with Crippen molar-refractivity contribution in [2.45, 2.75) is 6.54 Å². The Morgan fingerprint density at radius 2 is 2.20 bits per heavy atom. The van der Waals surface area contributed by atoms with Crippen molar-refractivity contribution in [3.63, 3.8) is 0 Å². The van der Waals surface area contributed by atoms with Crippen LogP contribution in [0, 0.1) is 5.82 Å². The van der Waals surface area contributed by atoms with E-state index in [1.165, 1.54) is 12.1 Å². The highest BCUT2D eigenvalue weighted by Crippen LogP contribution is 2.17. The van der Waals surface area contributed by atoms with E-state index in [0.717, 1.165) is 11.1 Å². The van der Waals surface area contributed by atoms with Crippen LogP contribution in [0.5, 0.6) is 0 Å². The molecule has 0 fully saturated rings. The van der Waals surface area contributed by atoms with Gasteiger partial charge in [0.1, 0.15) is 5.82 Å². The summed E-state index contributed by atoms with van der Waals surface area (Å²) >= 11 is 0. The zero-order valence-electron chi connectivity index (χ0n) is 8.29. The van der Waals surface area contributed by atoms with Crippen LogP contribution in [0.15, 0.2) is 18.2 Å². The molecule has 1 heterocycles. The maximum Gasteiger partial charge on any atom is 0.220 e. The average Bonchev–Trinajstić information content (AvgIpc) is 2.17. The van der Waals surface area contributed by atoms with Gasteiger partial charge in [-0.05, 0) is 19.2 Å². The minimum absolute atomic E-state index is 0.165. The second-order valence-electron chi connectivity index (χ2n) is 3.22. The van der Waals surface area contributed by atoms with Gasteiger partial charge in [-0.2, -0.15) is 0 Å². The van der Waals surface area contributed by atoms with Crippen LogP contribution in [0.3, 0.4) is 0 Å². The van der Waals surface area contributed by atoms with E-state index in [1.807, 2.05) is 7.05 Å². The molecule has 0 radical (unpaired) electrons. The molecule has 1 aromatic carbocycles. The Morgan fingerprint density at radius 1 is 1.40 bits per heavy atom. The molecule has 0 aliphatic rings. The maximum atomic E-state index is 13.0. The lowest BCUT2D eigenvalue weighted by atomic mass is 10.2. The van der Waals surface area contributed by atoms with E-state index in [-0.39, 0.29) is 11.8 Å². The first kappa shape index (κ1) is 9.79. The second kappa shape index (κ2) is 3.78. The van der Waals surface area contributed by atoms with Crippen molar-refractivity contribution >= 4 is 16.9 Å². The molecular weight excluding hydrogens is 195 g/mol. The fraction of sp³-hybridized carbons (Fsp3) is 0.200. The average molecular weight is 206 g/mol. The van der Waals surface area contributed by atoms with Crippen LogP contribution in [0.25, 0.3) is 10.9 Å². The highest BCUT2D eigenvalue weighted by molar-refractivity contribution is 5.81. The van der Waals surface area contributed by atoms with Crippen molar-refractivity contribution in [2.24, 2.45) is 0 Å². The van der Waals surface area contributed by atoms with Crippen molar-refractivity contribution in [1.82, 2.24) is 15.3 Å². The van der Waals surface area contributed by atoms with Gasteiger partial charge in [-0.3, -0.25) is 0 Å². The number of nitrogens with zero attached hydrogens (tertiary/aromatic N) is 2. The number of nitrogen functional groups attached to an aromatic ring is 1. The molecule has 0 saturated heterocycles. The molecule has 3 N–H and O–H groups in total. The number of nitrogens with one attached hydrogen (secondary N) is 1. The van der Waals surface area contributed by atoms with Gasteiger partial charge < -0.3 is 11.1 Å². The Bertz CT molecular complexity index is 493. The fourth-order valence-electron chi connectivity index (χ4n) is 1.49. The zero-order chi connectivity index (χ0) is 10.8. The number of anilines is 1. The topological polar surface area (TPSA) is 63.8 Å². The van der Waals surface area contributed by atoms with Gasteiger partial charge in [0, 0.05) is 18.0 Å². The monoisotopic (exact) mass is 206 g/mol. The van der Waals surface area contributed by atoms with Crippen molar-refractivity contribution in [3.8, 4) is 0 Å². The summed E-state index contributed by atoms with van der Waals surface area (Å²) < 4.78 is 13.0. The summed E-state index contributed by atoms with van der Waals surface area (Å²) in [5.74, 6) is -0.158. The predicted octanol–water partition coefficient (Wildman–Crippen LogP) is 1.07. The van der Waals surface area contributed by atoms with E-state index in [1.54, 1.807) is 6.07 Å². The molecular formula is C10H11FN4. The van der Waals surface area contributed by atoms with Crippen LogP contribution >= 0.6 is 0 Å². The third kappa shape index (κ3) is 1.87. The normalized spacial score (nSPS) is 10.8. The van der Waals surface area contributed by atoms with Crippen LogP contribution in [0.4, 0.5) is 10.3 Å². The summed E-state index contributed by atoms with van der Waals surface area (Å²) in [6, 6.07) is 4.41. The fourth-order valence-corrected chi connectivity index (χ4v) is 1.49. The Morgan fingerprint density at radius 3 is 2.93 bits per heavy atom. The standard InChI is InChI=1S/C10H11FN4/c1-13-5-9-7-3-2-6(11)4-8(7)14-10(12)15-9/h2-4,13H,5H2,1H3,(H2,12,14,15). The van der Waals surface area contributed by atoms with Gasteiger partial charge >= 0.3 is 0 Å². The third-order valence-corrected chi connectivity index (χ3v) is 2.10. The first-order valence-electron chi connectivity index (χ1n) is 4.57. The largest absolute Gasteiger partial charge is 0.368 e. The number of nitrogens with two attached hydrogens (primary N) is 1.